The Morgan fingerprint density at radius 3 is 2.06 bits per heavy atom. The van der Waals surface area contributed by atoms with Gasteiger partial charge >= 0.3 is 0 Å². The van der Waals surface area contributed by atoms with E-state index in [9.17, 15) is 0 Å². The molecule has 0 aromatic heterocycles. The van der Waals surface area contributed by atoms with E-state index in [-0.39, 0.29) is 5.79 Å². The molecular weight excluding hydrogens is 210 g/mol. The van der Waals surface area contributed by atoms with Crippen molar-refractivity contribution in [3.8, 4) is 0 Å². The minimum atomic E-state index is -0.333. The Balaban J connectivity index is 2.13. The summed E-state index contributed by atoms with van der Waals surface area (Å²) in [6.07, 6.45) is 2.55. The molecule has 0 radical (unpaired) electrons. The number of nitrogens with zero attached hydrogens (tertiary/aromatic N) is 3. The number of likely N-dealkylation sites (tertiary alicyclic amines) is 1. The van der Waals surface area contributed by atoms with Crippen molar-refractivity contribution in [1.82, 2.24) is 4.90 Å². The van der Waals surface area contributed by atoms with Crippen molar-refractivity contribution in [2.24, 2.45) is 15.9 Å². The minimum absolute atomic E-state index is 0.333. The van der Waals surface area contributed by atoms with E-state index in [2.05, 4.69) is 30.9 Å². The molecule has 0 N–H and O–H groups in total. The standard InChI is InChI=1S/C14H19N3/c1-11(2)14(17-9-5-6-10-17)15-12-7-3-4-8-13(12)16-14/h3-4,7-8,11H,5-6,9-10H2,1-2H3. The smallest absolute Gasteiger partial charge is 0.210 e. The van der Waals surface area contributed by atoms with Gasteiger partial charge in [-0.25, -0.2) is 9.98 Å². The van der Waals surface area contributed by atoms with Crippen LogP contribution in [-0.2, 0) is 0 Å². The molecule has 3 nitrogen and oxygen atoms in total. The average molecular weight is 229 g/mol. The molecule has 3 heteroatoms. The first kappa shape index (κ1) is 10.9. The van der Waals surface area contributed by atoms with Crippen LogP contribution in [0.25, 0.3) is 0 Å². The van der Waals surface area contributed by atoms with E-state index in [4.69, 9.17) is 9.98 Å². The summed E-state index contributed by atoms with van der Waals surface area (Å²) in [5, 5.41) is 2.10. The molecule has 17 heavy (non-hydrogen) atoms. The summed E-state index contributed by atoms with van der Waals surface area (Å²) < 4.78 is 0. The molecule has 1 saturated heterocycles. The maximum atomic E-state index is 4.92. The van der Waals surface area contributed by atoms with Gasteiger partial charge in [0.05, 0.1) is 10.7 Å². The Hall–Kier alpha value is -1.22. The van der Waals surface area contributed by atoms with Crippen LogP contribution in [-0.4, -0.2) is 23.8 Å². The number of hydrogen-bond acceptors (Lipinski definition) is 3. The highest BCUT2D eigenvalue weighted by Gasteiger charge is 2.42. The number of rotatable bonds is 2. The van der Waals surface area contributed by atoms with Crippen LogP contribution in [0.3, 0.4) is 0 Å². The van der Waals surface area contributed by atoms with Crippen LogP contribution in [0.5, 0.6) is 0 Å². The van der Waals surface area contributed by atoms with E-state index in [1.165, 1.54) is 12.8 Å². The van der Waals surface area contributed by atoms with E-state index < -0.39 is 0 Å². The zero-order valence-corrected chi connectivity index (χ0v) is 10.6. The van der Waals surface area contributed by atoms with Gasteiger partial charge in [0.15, 0.2) is 0 Å². The van der Waals surface area contributed by atoms with Crippen molar-refractivity contribution in [3.63, 3.8) is 0 Å². The Bertz CT molecular complexity index is 492. The van der Waals surface area contributed by atoms with Gasteiger partial charge in [0, 0.05) is 19.0 Å². The first-order valence-electron chi connectivity index (χ1n) is 6.52. The summed E-state index contributed by atoms with van der Waals surface area (Å²) >= 11 is 0. The molecule has 0 spiro atoms. The molecule has 1 aromatic carbocycles. The number of hydrogen-bond donors (Lipinski definition) is 0. The summed E-state index contributed by atoms with van der Waals surface area (Å²) in [6, 6.07) is 8.22. The van der Waals surface area contributed by atoms with Gasteiger partial charge in [-0.1, -0.05) is 26.0 Å². The molecule has 1 fully saturated rings. The summed E-state index contributed by atoms with van der Waals surface area (Å²) in [6.45, 7) is 6.69. The highest BCUT2D eigenvalue weighted by molar-refractivity contribution is 5.08. The Labute approximate surface area is 102 Å². The van der Waals surface area contributed by atoms with Gasteiger partial charge in [0.2, 0.25) is 5.79 Å². The van der Waals surface area contributed by atoms with Crippen molar-refractivity contribution < 1.29 is 0 Å². The molecule has 0 saturated carbocycles. The number of benzene rings is 1. The fourth-order valence-corrected chi connectivity index (χ4v) is 2.84. The van der Waals surface area contributed by atoms with Crippen molar-refractivity contribution in [3.05, 3.63) is 35.0 Å². The molecule has 0 unspecified atom stereocenters. The topological polar surface area (TPSA) is 28.0 Å². The summed E-state index contributed by atoms with van der Waals surface area (Å²) in [4.78, 5) is 12.3. The van der Waals surface area contributed by atoms with E-state index in [0.29, 0.717) is 5.92 Å². The molecule has 90 valence electrons. The molecule has 0 bridgehead atoms. The van der Waals surface area contributed by atoms with Crippen molar-refractivity contribution in [2.45, 2.75) is 32.5 Å². The van der Waals surface area contributed by atoms with Gasteiger partial charge in [-0.3, -0.25) is 4.90 Å². The van der Waals surface area contributed by atoms with Gasteiger partial charge in [-0.05, 0) is 25.0 Å². The zero-order valence-electron chi connectivity index (χ0n) is 10.6. The predicted molar refractivity (Wildman–Crippen MR) is 67.1 cm³/mol. The highest BCUT2D eigenvalue weighted by atomic mass is 15.4. The van der Waals surface area contributed by atoms with E-state index in [0.717, 1.165) is 23.8 Å². The predicted octanol–water partition coefficient (Wildman–Crippen LogP) is 1.35. The van der Waals surface area contributed by atoms with E-state index in [1.54, 1.807) is 0 Å². The Kier molecular flexibility index (Phi) is 2.51. The van der Waals surface area contributed by atoms with Gasteiger partial charge in [-0.15, -0.1) is 0 Å². The summed E-state index contributed by atoms with van der Waals surface area (Å²) in [7, 11) is 0. The van der Waals surface area contributed by atoms with Gasteiger partial charge in [0.1, 0.15) is 0 Å². The largest absolute Gasteiger partial charge is 0.260 e. The van der Waals surface area contributed by atoms with E-state index in [1.807, 2.05) is 12.1 Å². The van der Waals surface area contributed by atoms with Crippen LogP contribution >= 0.6 is 0 Å². The summed E-state index contributed by atoms with van der Waals surface area (Å²) in [5.74, 6) is 0.0770. The molecule has 1 aromatic rings. The third-order valence-corrected chi connectivity index (χ3v) is 3.80. The van der Waals surface area contributed by atoms with Crippen LogP contribution in [0.1, 0.15) is 26.7 Å². The quantitative estimate of drug-likeness (QED) is 0.752. The van der Waals surface area contributed by atoms with Crippen LogP contribution in [0.15, 0.2) is 34.3 Å². The SMILES string of the molecule is CC(C)C1(N2CCCC2)N=c2ccccc2=N1. The van der Waals surface area contributed by atoms with Crippen LogP contribution in [0.2, 0.25) is 0 Å². The first-order chi connectivity index (χ1) is 8.22. The number of para-hydroxylation sites is 2. The normalized spacial score (nSPS) is 22.3. The third-order valence-electron chi connectivity index (χ3n) is 3.80. The van der Waals surface area contributed by atoms with Crippen LogP contribution < -0.4 is 10.7 Å². The second kappa shape index (κ2) is 3.91. The van der Waals surface area contributed by atoms with E-state index >= 15 is 0 Å². The Morgan fingerprint density at radius 1 is 1.06 bits per heavy atom. The minimum Gasteiger partial charge on any atom is -0.260 e. The van der Waals surface area contributed by atoms with Crippen LogP contribution in [0.4, 0.5) is 0 Å². The van der Waals surface area contributed by atoms with Crippen molar-refractivity contribution in [1.29, 1.82) is 0 Å². The number of fused-ring (bicyclic) bond motifs is 1. The lowest BCUT2D eigenvalue weighted by molar-refractivity contribution is 0.0823. The monoisotopic (exact) mass is 229 g/mol. The van der Waals surface area contributed by atoms with Crippen molar-refractivity contribution in [2.75, 3.05) is 13.1 Å². The molecule has 2 heterocycles. The average Bonchev–Trinajstić information content (AvgIpc) is 2.96. The lowest BCUT2D eigenvalue weighted by Gasteiger charge is -2.36. The third kappa shape index (κ3) is 1.61. The fourth-order valence-electron chi connectivity index (χ4n) is 2.84. The highest BCUT2D eigenvalue weighted by Crippen LogP contribution is 2.31. The zero-order chi connectivity index (χ0) is 11.9. The Morgan fingerprint density at radius 2 is 1.59 bits per heavy atom. The lowest BCUT2D eigenvalue weighted by Crippen LogP contribution is -2.47. The van der Waals surface area contributed by atoms with Crippen LogP contribution in [0, 0.1) is 5.92 Å². The summed E-state index contributed by atoms with van der Waals surface area (Å²) in [5.41, 5.74) is 0. The maximum absolute atomic E-state index is 4.92. The maximum Gasteiger partial charge on any atom is 0.210 e. The molecule has 2 aliphatic heterocycles. The molecule has 2 aliphatic rings. The lowest BCUT2D eigenvalue weighted by atomic mass is 10.1. The van der Waals surface area contributed by atoms with Gasteiger partial charge in [-0.2, -0.15) is 0 Å². The fraction of sp³-hybridized carbons (Fsp3) is 0.571. The molecule has 0 aliphatic carbocycles. The molecule has 0 amide bonds. The van der Waals surface area contributed by atoms with Gasteiger partial charge < -0.3 is 0 Å². The van der Waals surface area contributed by atoms with Gasteiger partial charge in [0.25, 0.3) is 0 Å². The molecule has 0 atom stereocenters. The molecule has 3 rings (SSSR count). The van der Waals surface area contributed by atoms with Crippen molar-refractivity contribution >= 4 is 0 Å². The second-order valence-corrected chi connectivity index (χ2v) is 5.25. The molecular formula is C14H19N3. The first-order valence-corrected chi connectivity index (χ1v) is 6.52. The second-order valence-electron chi connectivity index (χ2n) is 5.25.